The van der Waals surface area contributed by atoms with Crippen molar-refractivity contribution in [3.05, 3.63) is 0 Å². The number of hydrogen-bond donors (Lipinski definition) is 1. The van der Waals surface area contributed by atoms with Crippen molar-refractivity contribution >= 4 is 5.97 Å². The number of ether oxygens (including phenoxy) is 1. The second kappa shape index (κ2) is 5.19. The Balaban J connectivity index is 2.02. The molecule has 1 aliphatic heterocycles. The van der Waals surface area contributed by atoms with E-state index >= 15 is 0 Å². The van der Waals surface area contributed by atoms with E-state index in [0.29, 0.717) is 12.6 Å². The van der Waals surface area contributed by atoms with E-state index in [2.05, 4.69) is 11.8 Å². The molecule has 1 N–H and O–H groups in total. The van der Waals surface area contributed by atoms with Gasteiger partial charge in [-0.1, -0.05) is 0 Å². The van der Waals surface area contributed by atoms with Crippen LogP contribution in [0.25, 0.3) is 0 Å². The summed E-state index contributed by atoms with van der Waals surface area (Å²) in [4.78, 5) is 12.5. The Morgan fingerprint density at radius 1 is 1.69 bits per heavy atom. The molecule has 0 amide bonds. The Labute approximate surface area is 78.5 Å². The molecular weight excluding hydrogens is 170 g/mol. The van der Waals surface area contributed by atoms with Crippen LogP contribution in [0.1, 0.15) is 19.8 Å². The van der Waals surface area contributed by atoms with Gasteiger partial charge in [0.05, 0.1) is 6.61 Å². The average molecular weight is 187 g/mol. The van der Waals surface area contributed by atoms with Gasteiger partial charge in [-0.05, 0) is 26.3 Å². The van der Waals surface area contributed by atoms with Crippen molar-refractivity contribution in [2.45, 2.75) is 25.8 Å². The van der Waals surface area contributed by atoms with Crippen molar-refractivity contribution in [1.82, 2.24) is 4.90 Å². The van der Waals surface area contributed by atoms with Crippen molar-refractivity contribution in [3.8, 4) is 0 Å². The molecule has 0 aliphatic carbocycles. The van der Waals surface area contributed by atoms with Gasteiger partial charge in [0.2, 0.25) is 0 Å². The average Bonchev–Trinajstić information content (AvgIpc) is 2.45. The molecular formula is C9H17NO3. The van der Waals surface area contributed by atoms with Crippen LogP contribution in [0.5, 0.6) is 0 Å². The van der Waals surface area contributed by atoms with E-state index in [1.54, 1.807) is 0 Å². The lowest BCUT2D eigenvalue weighted by molar-refractivity contribution is -0.142. The lowest BCUT2D eigenvalue weighted by Crippen LogP contribution is -2.30. The molecule has 1 rings (SSSR count). The van der Waals surface area contributed by atoms with Crippen molar-refractivity contribution in [2.24, 2.45) is 0 Å². The first-order valence-corrected chi connectivity index (χ1v) is 4.73. The SMILES string of the molecule is CC1CCCN1CCOCC(=O)O. The summed E-state index contributed by atoms with van der Waals surface area (Å²) in [5.74, 6) is -0.894. The first kappa shape index (κ1) is 10.5. The molecule has 1 unspecified atom stereocenters. The molecule has 0 spiro atoms. The number of rotatable bonds is 5. The van der Waals surface area contributed by atoms with Gasteiger partial charge < -0.3 is 9.84 Å². The van der Waals surface area contributed by atoms with Crippen LogP contribution in [-0.2, 0) is 9.53 Å². The van der Waals surface area contributed by atoms with E-state index in [1.807, 2.05) is 0 Å². The van der Waals surface area contributed by atoms with Gasteiger partial charge in [0, 0.05) is 12.6 Å². The minimum Gasteiger partial charge on any atom is -0.480 e. The fraction of sp³-hybridized carbons (Fsp3) is 0.889. The lowest BCUT2D eigenvalue weighted by Gasteiger charge is -2.20. The zero-order valence-electron chi connectivity index (χ0n) is 8.03. The van der Waals surface area contributed by atoms with Gasteiger partial charge >= 0.3 is 5.97 Å². The van der Waals surface area contributed by atoms with Crippen molar-refractivity contribution in [3.63, 3.8) is 0 Å². The highest BCUT2D eigenvalue weighted by Crippen LogP contribution is 2.15. The number of nitrogens with zero attached hydrogens (tertiary/aromatic N) is 1. The second-order valence-electron chi connectivity index (χ2n) is 3.47. The molecule has 13 heavy (non-hydrogen) atoms. The van der Waals surface area contributed by atoms with Crippen LogP contribution in [0.4, 0.5) is 0 Å². The Morgan fingerprint density at radius 2 is 2.46 bits per heavy atom. The Morgan fingerprint density at radius 3 is 3.00 bits per heavy atom. The molecule has 0 aromatic carbocycles. The molecule has 0 bridgehead atoms. The van der Waals surface area contributed by atoms with E-state index < -0.39 is 5.97 Å². The summed E-state index contributed by atoms with van der Waals surface area (Å²) < 4.78 is 4.96. The minimum absolute atomic E-state index is 0.178. The largest absolute Gasteiger partial charge is 0.480 e. The maximum Gasteiger partial charge on any atom is 0.329 e. The number of aliphatic carboxylic acids is 1. The summed E-state index contributed by atoms with van der Waals surface area (Å²) in [5, 5.41) is 8.32. The maximum absolute atomic E-state index is 10.1. The number of hydrogen-bond acceptors (Lipinski definition) is 3. The van der Waals surface area contributed by atoms with Gasteiger partial charge in [0.15, 0.2) is 0 Å². The van der Waals surface area contributed by atoms with Crippen LogP contribution >= 0.6 is 0 Å². The number of likely N-dealkylation sites (tertiary alicyclic amines) is 1. The predicted octanol–water partition coefficient (Wildman–Crippen LogP) is 0.572. The van der Waals surface area contributed by atoms with Gasteiger partial charge in [0.25, 0.3) is 0 Å². The normalized spacial score (nSPS) is 23.6. The predicted molar refractivity (Wildman–Crippen MR) is 48.7 cm³/mol. The van der Waals surface area contributed by atoms with Gasteiger partial charge in [0.1, 0.15) is 6.61 Å². The molecule has 0 saturated carbocycles. The quantitative estimate of drug-likeness (QED) is 0.639. The Kier molecular flexibility index (Phi) is 4.18. The molecule has 1 heterocycles. The summed E-state index contributed by atoms with van der Waals surface area (Å²) in [6.07, 6.45) is 2.50. The first-order valence-electron chi connectivity index (χ1n) is 4.73. The van der Waals surface area contributed by atoms with E-state index in [1.165, 1.54) is 12.8 Å². The summed E-state index contributed by atoms with van der Waals surface area (Å²) in [7, 11) is 0. The van der Waals surface area contributed by atoms with Crippen LogP contribution in [-0.4, -0.2) is 48.3 Å². The fourth-order valence-electron chi connectivity index (χ4n) is 1.67. The summed E-state index contributed by atoms with van der Waals surface area (Å²) >= 11 is 0. The molecule has 0 aromatic heterocycles. The van der Waals surface area contributed by atoms with E-state index in [-0.39, 0.29) is 6.61 Å². The number of carbonyl (C=O) groups is 1. The van der Waals surface area contributed by atoms with Crippen LogP contribution in [0.15, 0.2) is 0 Å². The van der Waals surface area contributed by atoms with Crippen LogP contribution < -0.4 is 0 Å². The molecule has 0 radical (unpaired) electrons. The highest BCUT2D eigenvalue weighted by molar-refractivity contribution is 5.67. The third-order valence-electron chi connectivity index (χ3n) is 2.44. The highest BCUT2D eigenvalue weighted by Gasteiger charge is 2.19. The zero-order valence-corrected chi connectivity index (χ0v) is 8.03. The molecule has 1 fully saturated rings. The van der Waals surface area contributed by atoms with Gasteiger partial charge in [-0.15, -0.1) is 0 Å². The number of carboxylic acid groups (broad SMARTS) is 1. The molecule has 4 heteroatoms. The molecule has 0 aromatic rings. The van der Waals surface area contributed by atoms with Crippen molar-refractivity contribution in [1.29, 1.82) is 0 Å². The maximum atomic E-state index is 10.1. The van der Waals surface area contributed by atoms with Crippen LogP contribution in [0.3, 0.4) is 0 Å². The molecule has 76 valence electrons. The first-order chi connectivity index (χ1) is 6.20. The highest BCUT2D eigenvalue weighted by atomic mass is 16.5. The fourth-order valence-corrected chi connectivity index (χ4v) is 1.67. The summed E-state index contributed by atoms with van der Waals surface area (Å²) in [5.41, 5.74) is 0. The second-order valence-corrected chi connectivity index (χ2v) is 3.47. The molecule has 4 nitrogen and oxygen atoms in total. The molecule has 1 aliphatic rings. The monoisotopic (exact) mass is 187 g/mol. The zero-order chi connectivity index (χ0) is 9.68. The van der Waals surface area contributed by atoms with E-state index in [0.717, 1.165) is 13.1 Å². The van der Waals surface area contributed by atoms with Crippen molar-refractivity contribution < 1.29 is 14.6 Å². The topological polar surface area (TPSA) is 49.8 Å². The summed E-state index contributed by atoms with van der Waals surface area (Å²) in [6.45, 7) is 4.52. The van der Waals surface area contributed by atoms with Gasteiger partial charge in [-0.25, -0.2) is 4.79 Å². The summed E-state index contributed by atoms with van der Waals surface area (Å²) in [6, 6.07) is 0.633. The van der Waals surface area contributed by atoms with E-state index in [9.17, 15) is 4.79 Å². The standard InChI is InChI=1S/C9H17NO3/c1-8-3-2-4-10(8)5-6-13-7-9(11)12/h8H,2-7H2,1H3,(H,11,12). The van der Waals surface area contributed by atoms with Crippen molar-refractivity contribution in [2.75, 3.05) is 26.3 Å². The third-order valence-corrected chi connectivity index (χ3v) is 2.44. The molecule has 1 saturated heterocycles. The Bertz CT molecular complexity index is 172. The molecule has 1 atom stereocenters. The van der Waals surface area contributed by atoms with Gasteiger partial charge in [-0.3, -0.25) is 4.90 Å². The lowest BCUT2D eigenvalue weighted by atomic mass is 10.2. The minimum atomic E-state index is -0.894. The third kappa shape index (κ3) is 3.74. The van der Waals surface area contributed by atoms with E-state index in [4.69, 9.17) is 9.84 Å². The van der Waals surface area contributed by atoms with Crippen LogP contribution in [0.2, 0.25) is 0 Å². The number of carboxylic acids is 1. The van der Waals surface area contributed by atoms with Gasteiger partial charge in [-0.2, -0.15) is 0 Å². The van der Waals surface area contributed by atoms with Crippen LogP contribution in [0, 0.1) is 0 Å². The smallest absolute Gasteiger partial charge is 0.329 e. The Hall–Kier alpha value is -0.610.